The predicted octanol–water partition coefficient (Wildman–Crippen LogP) is 1.30. The van der Waals surface area contributed by atoms with Gasteiger partial charge in [-0.2, -0.15) is 0 Å². The molecule has 4 nitrogen and oxygen atoms in total. The van der Waals surface area contributed by atoms with Crippen LogP contribution in [0.5, 0.6) is 5.75 Å². The third kappa shape index (κ3) is 2.90. The molecule has 1 aliphatic heterocycles. The summed E-state index contributed by atoms with van der Waals surface area (Å²) in [5.41, 5.74) is 2.36. The molecule has 0 fully saturated rings. The van der Waals surface area contributed by atoms with Gasteiger partial charge in [-0.15, -0.1) is 12.4 Å². The molecule has 1 aromatic carbocycles. The van der Waals surface area contributed by atoms with Crippen LogP contribution in [0.3, 0.4) is 0 Å². The highest BCUT2D eigenvalue weighted by molar-refractivity contribution is 5.85. The minimum atomic E-state index is -0.246. The third-order valence-electron chi connectivity index (χ3n) is 2.86. The molecule has 0 saturated carbocycles. The molecule has 0 saturated heterocycles. The number of ether oxygens (including phenoxy) is 2. The first kappa shape index (κ1) is 13.8. The molecule has 1 N–H and O–H groups in total. The van der Waals surface area contributed by atoms with E-state index < -0.39 is 0 Å². The second kappa shape index (κ2) is 5.89. The zero-order chi connectivity index (χ0) is 11.5. The first-order valence-corrected chi connectivity index (χ1v) is 5.21. The van der Waals surface area contributed by atoms with Crippen LogP contribution >= 0.6 is 12.4 Å². The molecule has 1 aliphatic rings. The lowest BCUT2D eigenvalue weighted by Gasteiger charge is -2.24. The van der Waals surface area contributed by atoms with Gasteiger partial charge in [0.1, 0.15) is 11.8 Å². The summed E-state index contributed by atoms with van der Waals surface area (Å²) in [6.45, 7) is 0.694. The Morgan fingerprint density at radius 3 is 2.76 bits per heavy atom. The molecule has 5 heteroatoms. The van der Waals surface area contributed by atoms with E-state index in [2.05, 4.69) is 5.32 Å². The molecule has 0 bridgehead atoms. The quantitative estimate of drug-likeness (QED) is 0.812. The lowest BCUT2D eigenvalue weighted by Crippen LogP contribution is -2.42. The van der Waals surface area contributed by atoms with Gasteiger partial charge in [-0.1, -0.05) is 6.07 Å². The highest BCUT2D eigenvalue weighted by atomic mass is 35.5. The monoisotopic (exact) mass is 257 g/mol. The normalized spacial score (nSPS) is 17.6. The minimum absolute atomic E-state index is 0. The van der Waals surface area contributed by atoms with E-state index >= 15 is 0 Å². The average Bonchev–Trinajstić information content (AvgIpc) is 2.36. The van der Waals surface area contributed by atoms with E-state index in [0.29, 0.717) is 13.0 Å². The van der Waals surface area contributed by atoms with Crippen LogP contribution in [0.2, 0.25) is 0 Å². The van der Waals surface area contributed by atoms with E-state index in [-0.39, 0.29) is 24.4 Å². The van der Waals surface area contributed by atoms with Crippen molar-refractivity contribution < 1.29 is 14.3 Å². The third-order valence-corrected chi connectivity index (χ3v) is 2.86. The zero-order valence-electron chi connectivity index (χ0n) is 9.86. The number of esters is 1. The molecule has 1 atom stereocenters. The summed E-state index contributed by atoms with van der Waals surface area (Å²) in [5.74, 6) is 0.609. The van der Waals surface area contributed by atoms with E-state index in [4.69, 9.17) is 9.47 Å². The van der Waals surface area contributed by atoms with Gasteiger partial charge in [0.15, 0.2) is 0 Å². The van der Waals surface area contributed by atoms with Gasteiger partial charge in [0.25, 0.3) is 0 Å². The van der Waals surface area contributed by atoms with Crippen LogP contribution in [0.1, 0.15) is 11.1 Å². The molecule has 0 aliphatic carbocycles. The summed E-state index contributed by atoms with van der Waals surface area (Å²) < 4.78 is 9.89. The SMILES string of the molecule is COC(=O)[C@@H]1Cc2cc(OC)ccc2CN1.Cl. The van der Waals surface area contributed by atoms with Crippen molar-refractivity contribution in [2.24, 2.45) is 0 Å². The van der Waals surface area contributed by atoms with Gasteiger partial charge in [-0.3, -0.25) is 4.79 Å². The Kier molecular flexibility index (Phi) is 4.78. The van der Waals surface area contributed by atoms with Gasteiger partial charge < -0.3 is 14.8 Å². The fourth-order valence-corrected chi connectivity index (χ4v) is 1.93. The first-order chi connectivity index (χ1) is 7.74. The molecule has 0 aromatic heterocycles. The van der Waals surface area contributed by atoms with Crippen molar-refractivity contribution >= 4 is 18.4 Å². The maximum absolute atomic E-state index is 11.4. The number of halogens is 1. The molecular weight excluding hydrogens is 242 g/mol. The number of methoxy groups -OCH3 is 2. The fourth-order valence-electron chi connectivity index (χ4n) is 1.93. The lowest BCUT2D eigenvalue weighted by atomic mass is 9.95. The Bertz CT molecular complexity index is 409. The van der Waals surface area contributed by atoms with Crippen LogP contribution in [0.4, 0.5) is 0 Å². The Hall–Kier alpha value is -1.26. The van der Waals surface area contributed by atoms with Crippen molar-refractivity contribution in [3.63, 3.8) is 0 Å². The van der Waals surface area contributed by atoms with Crippen LogP contribution in [-0.4, -0.2) is 26.2 Å². The predicted molar refractivity (Wildman–Crippen MR) is 66.6 cm³/mol. The number of carbonyl (C=O) groups excluding carboxylic acids is 1. The summed E-state index contributed by atoms with van der Waals surface area (Å²) in [5, 5.41) is 3.15. The van der Waals surface area contributed by atoms with Crippen molar-refractivity contribution in [2.75, 3.05) is 14.2 Å². The number of hydrogen-bond donors (Lipinski definition) is 1. The van der Waals surface area contributed by atoms with Crippen molar-refractivity contribution in [3.05, 3.63) is 29.3 Å². The van der Waals surface area contributed by atoms with Crippen LogP contribution in [-0.2, 0) is 22.5 Å². The van der Waals surface area contributed by atoms with E-state index in [1.54, 1.807) is 7.11 Å². The molecule has 0 unspecified atom stereocenters. The Morgan fingerprint density at radius 2 is 2.12 bits per heavy atom. The molecule has 94 valence electrons. The lowest BCUT2D eigenvalue weighted by molar-refractivity contribution is -0.143. The number of carbonyl (C=O) groups is 1. The van der Waals surface area contributed by atoms with Crippen LogP contribution in [0, 0.1) is 0 Å². The van der Waals surface area contributed by atoms with Gasteiger partial charge in [-0.25, -0.2) is 0 Å². The van der Waals surface area contributed by atoms with Crippen molar-refractivity contribution in [2.45, 2.75) is 19.0 Å². The van der Waals surface area contributed by atoms with Gasteiger partial charge >= 0.3 is 5.97 Å². The maximum atomic E-state index is 11.4. The second-order valence-electron chi connectivity index (χ2n) is 3.80. The van der Waals surface area contributed by atoms with E-state index in [0.717, 1.165) is 11.3 Å². The van der Waals surface area contributed by atoms with E-state index in [1.165, 1.54) is 12.7 Å². The van der Waals surface area contributed by atoms with Crippen LogP contribution < -0.4 is 10.1 Å². The molecule has 0 amide bonds. The summed E-state index contributed by atoms with van der Waals surface area (Å²) in [6.07, 6.45) is 0.652. The minimum Gasteiger partial charge on any atom is -0.497 e. The zero-order valence-corrected chi connectivity index (χ0v) is 10.7. The van der Waals surface area contributed by atoms with Gasteiger partial charge in [0, 0.05) is 6.54 Å². The highest BCUT2D eigenvalue weighted by Gasteiger charge is 2.24. The van der Waals surface area contributed by atoms with Gasteiger partial charge in [-0.05, 0) is 29.7 Å². The Balaban J connectivity index is 0.00000144. The topological polar surface area (TPSA) is 47.6 Å². The van der Waals surface area contributed by atoms with Gasteiger partial charge in [0.05, 0.1) is 14.2 Å². The van der Waals surface area contributed by atoms with Crippen LogP contribution in [0.25, 0.3) is 0 Å². The smallest absolute Gasteiger partial charge is 0.323 e. The molecular formula is C12H16ClNO3. The largest absolute Gasteiger partial charge is 0.497 e. The number of hydrogen-bond acceptors (Lipinski definition) is 4. The number of rotatable bonds is 2. The summed E-state index contributed by atoms with van der Waals surface area (Å²) in [7, 11) is 3.05. The highest BCUT2D eigenvalue weighted by Crippen LogP contribution is 2.22. The van der Waals surface area contributed by atoms with E-state index in [1.807, 2.05) is 18.2 Å². The molecule has 1 aromatic rings. The fraction of sp³-hybridized carbons (Fsp3) is 0.417. The molecule has 17 heavy (non-hydrogen) atoms. The van der Waals surface area contributed by atoms with E-state index in [9.17, 15) is 4.79 Å². The number of nitrogens with one attached hydrogen (secondary N) is 1. The molecule has 2 rings (SSSR count). The molecule has 1 heterocycles. The maximum Gasteiger partial charge on any atom is 0.323 e. The average molecular weight is 258 g/mol. The number of fused-ring (bicyclic) bond motifs is 1. The molecule has 0 spiro atoms. The van der Waals surface area contributed by atoms with Crippen LogP contribution in [0.15, 0.2) is 18.2 Å². The Labute approximate surface area is 107 Å². The first-order valence-electron chi connectivity index (χ1n) is 5.21. The summed E-state index contributed by atoms with van der Waals surface area (Å²) in [4.78, 5) is 11.4. The van der Waals surface area contributed by atoms with Gasteiger partial charge in [0.2, 0.25) is 0 Å². The second-order valence-corrected chi connectivity index (χ2v) is 3.80. The summed E-state index contributed by atoms with van der Waals surface area (Å²) in [6, 6.07) is 5.68. The van der Waals surface area contributed by atoms with Crippen molar-refractivity contribution in [1.29, 1.82) is 0 Å². The number of benzene rings is 1. The summed E-state index contributed by atoms with van der Waals surface area (Å²) >= 11 is 0. The standard InChI is InChI=1S/C12H15NO3.ClH/c1-15-10-4-3-8-7-13-11(12(14)16-2)6-9(8)5-10;/h3-5,11,13H,6-7H2,1-2H3;1H/t11-;/m0./s1. The molecule has 0 radical (unpaired) electrons. The Morgan fingerprint density at radius 1 is 1.35 bits per heavy atom. The van der Waals surface area contributed by atoms with Crippen molar-refractivity contribution in [1.82, 2.24) is 5.32 Å². The van der Waals surface area contributed by atoms with Crippen molar-refractivity contribution in [3.8, 4) is 5.75 Å².